The second-order valence-corrected chi connectivity index (χ2v) is 6.45. The molecule has 1 atom stereocenters. The van der Waals surface area contributed by atoms with E-state index >= 15 is 0 Å². The van der Waals surface area contributed by atoms with E-state index in [0.29, 0.717) is 5.92 Å². The molecule has 1 rings (SSSR count). The van der Waals surface area contributed by atoms with E-state index in [1.807, 2.05) is 23.9 Å². The molecule has 0 aliphatic heterocycles. The third-order valence-electron chi connectivity index (χ3n) is 3.29. The summed E-state index contributed by atoms with van der Waals surface area (Å²) < 4.78 is 5.07. The first-order chi connectivity index (χ1) is 9.76. The predicted octanol–water partition coefficient (Wildman–Crippen LogP) is 3.88. The number of methoxy groups -OCH3 is 1. The minimum Gasteiger partial charge on any atom is -0.383 e. The fourth-order valence-electron chi connectivity index (χ4n) is 2.27. The van der Waals surface area contributed by atoms with E-state index in [0.717, 1.165) is 31.1 Å². The Labute approximate surface area is 132 Å². The highest BCUT2D eigenvalue weighted by Crippen LogP contribution is 2.18. The van der Waals surface area contributed by atoms with Crippen LogP contribution < -0.4 is 5.32 Å². The summed E-state index contributed by atoms with van der Waals surface area (Å²) >= 11 is 7.99. The van der Waals surface area contributed by atoms with Crippen molar-refractivity contribution in [3.8, 4) is 0 Å². The first-order valence-corrected chi connectivity index (χ1v) is 8.96. The molecule has 4 heteroatoms. The predicted molar refractivity (Wildman–Crippen MR) is 91.0 cm³/mol. The van der Waals surface area contributed by atoms with Gasteiger partial charge in [-0.05, 0) is 61.4 Å². The van der Waals surface area contributed by atoms with E-state index in [1.54, 1.807) is 7.11 Å². The Morgan fingerprint density at radius 2 is 2.25 bits per heavy atom. The maximum absolute atomic E-state index is 6.07. The van der Waals surface area contributed by atoms with E-state index in [2.05, 4.69) is 23.7 Å². The van der Waals surface area contributed by atoms with E-state index in [9.17, 15) is 0 Å². The van der Waals surface area contributed by atoms with Crippen LogP contribution in [0.5, 0.6) is 0 Å². The molecule has 20 heavy (non-hydrogen) atoms. The average molecular weight is 316 g/mol. The summed E-state index contributed by atoms with van der Waals surface area (Å²) in [7, 11) is 1.74. The van der Waals surface area contributed by atoms with Gasteiger partial charge in [-0.1, -0.05) is 23.7 Å². The van der Waals surface area contributed by atoms with Crippen molar-refractivity contribution in [2.75, 3.05) is 38.8 Å². The van der Waals surface area contributed by atoms with Crippen molar-refractivity contribution in [3.05, 3.63) is 34.9 Å². The van der Waals surface area contributed by atoms with Gasteiger partial charge in [0.1, 0.15) is 0 Å². The molecule has 1 aromatic carbocycles. The molecule has 0 heterocycles. The van der Waals surface area contributed by atoms with Crippen LogP contribution in [-0.2, 0) is 11.2 Å². The number of nitrogens with one attached hydrogen (secondary N) is 1. The lowest BCUT2D eigenvalue weighted by Gasteiger charge is -2.18. The molecule has 0 fully saturated rings. The molecule has 0 radical (unpaired) electrons. The van der Waals surface area contributed by atoms with Crippen LogP contribution in [0.25, 0.3) is 0 Å². The maximum atomic E-state index is 6.07. The molecule has 0 aliphatic carbocycles. The first kappa shape index (κ1) is 17.8. The highest BCUT2D eigenvalue weighted by Gasteiger charge is 2.09. The molecular weight excluding hydrogens is 290 g/mol. The second-order valence-electron chi connectivity index (χ2n) is 5.03. The van der Waals surface area contributed by atoms with Crippen LogP contribution in [0, 0.1) is 5.92 Å². The van der Waals surface area contributed by atoms with E-state index in [1.165, 1.54) is 24.2 Å². The van der Waals surface area contributed by atoms with Crippen LogP contribution >= 0.6 is 23.4 Å². The number of halogens is 1. The smallest absolute Gasteiger partial charge is 0.0587 e. The number of thioether (sulfide) groups is 1. The summed E-state index contributed by atoms with van der Waals surface area (Å²) in [6.45, 7) is 2.74. The van der Waals surface area contributed by atoms with Gasteiger partial charge < -0.3 is 10.1 Å². The number of benzene rings is 1. The van der Waals surface area contributed by atoms with Crippen molar-refractivity contribution in [1.82, 2.24) is 5.32 Å². The molecule has 1 N–H and O–H groups in total. The van der Waals surface area contributed by atoms with Crippen molar-refractivity contribution < 1.29 is 4.74 Å². The third kappa shape index (κ3) is 8.15. The van der Waals surface area contributed by atoms with Gasteiger partial charge >= 0.3 is 0 Å². The summed E-state index contributed by atoms with van der Waals surface area (Å²) in [5, 5.41) is 4.31. The second kappa shape index (κ2) is 11.4. The van der Waals surface area contributed by atoms with Crippen LogP contribution in [0.3, 0.4) is 0 Å². The fourth-order valence-corrected chi connectivity index (χ4v) is 2.94. The van der Waals surface area contributed by atoms with Gasteiger partial charge in [-0.2, -0.15) is 11.8 Å². The molecule has 1 aromatic rings. The molecular formula is C16H26ClNOS. The Hall–Kier alpha value is -0.220. The lowest BCUT2D eigenvalue weighted by atomic mass is 9.95. The zero-order valence-corrected chi connectivity index (χ0v) is 14.1. The van der Waals surface area contributed by atoms with Gasteiger partial charge in [0.05, 0.1) is 6.61 Å². The SMILES string of the molecule is COCCNCC(CCCSC)Cc1cccc(Cl)c1. The minimum absolute atomic E-state index is 0.664. The molecule has 0 aliphatic rings. The molecule has 114 valence electrons. The van der Waals surface area contributed by atoms with Gasteiger partial charge in [0.15, 0.2) is 0 Å². The zero-order chi connectivity index (χ0) is 14.6. The Bertz CT molecular complexity index is 362. The normalized spacial score (nSPS) is 12.6. The Morgan fingerprint density at radius 1 is 1.40 bits per heavy atom. The summed E-state index contributed by atoms with van der Waals surface area (Å²) in [4.78, 5) is 0. The zero-order valence-electron chi connectivity index (χ0n) is 12.5. The van der Waals surface area contributed by atoms with Crippen molar-refractivity contribution >= 4 is 23.4 Å². The van der Waals surface area contributed by atoms with E-state index < -0.39 is 0 Å². The Morgan fingerprint density at radius 3 is 2.95 bits per heavy atom. The number of hydrogen-bond acceptors (Lipinski definition) is 3. The molecule has 0 bridgehead atoms. The van der Waals surface area contributed by atoms with Gasteiger partial charge in [-0.3, -0.25) is 0 Å². The molecule has 0 saturated heterocycles. The van der Waals surface area contributed by atoms with Gasteiger partial charge in [0.2, 0.25) is 0 Å². The standard InChI is InChI=1S/C16H26ClNOS/c1-19-9-8-18-13-15(6-4-10-20-2)11-14-5-3-7-16(17)12-14/h3,5,7,12,15,18H,4,6,8-11,13H2,1-2H3. The molecule has 1 unspecified atom stereocenters. The summed E-state index contributed by atoms with van der Waals surface area (Å²) in [6, 6.07) is 8.22. The minimum atomic E-state index is 0.664. The van der Waals surface area contributed by atoms with Crippen molar-refractivity contribution in [2.24, 2.45) is 5.92 Å². The molecule has 0 aromatic heterocycles. The largest absolute Gasteiger partial charge is 0.383 e. The van der Waals surface area contributed by atoms with E-state index in [-0.39, 0.29) is 0 Å². The highest BCUT2D eigenvalue weighted by molar-refractivity contribution is 7.98. The number of hydrogen-bond donors (Lipinski definition) is 1. The maximum Gasteiger partial charge on any atom is 0.0587 e. The quantitative estimate of drug-likeness (QED) is 0.626. The van der Waals surface area contributed by atoms with Crippen LogP contribution in [0.4, 0.5) is 0 Å². The Balaban J connectivity index is 2.43. The number of ether oxygens (including phenoxy) is 1. The molecule has 0 amide bonds. The van der Waals surface area contributed by atoms with Gasteiger partial charge in [0.25, 0.3) is 0 Å². The highest BCUT2D eigenvalue weighted by atomic mass is 35.5. The lowest BCUT2D eigenvalue weighted by Crippen LogP contribution is -2.27. The molecule has 0 spiro atoms. The summed E-state index contributed by atoms with van der Waals surface area (Å²) in [5.41, 5.74) is 1.33. The van der Waals surface area contributed by atoms with Crippen LogP contribution in [0.2, 0.25) is 5.02 Å². The molecule has 2 nitrogen and oxygen atoms in total. The average Bonchev–Trinajstić information content (AvgIpc) is 2.43. The van der Waals surface area contributed by atoms with Crippen LogP contribution in [-0.4, -0.2) is 38.8 Å². The summed E-state index contributed by atoms with van der Waals surface area (Å²) in [5.74, 6) is 1.90. The van der Waals surface area contributed by atoms with Crippen LogP contribution in [0.15, 0.2) is 24.3 Å². The van der Waals surface area contributed by atoms with Crippen molar-refractivity contribution in [2.45, 2.75) is 19.3 Å². The van der Waals surface area contributed by atoms with Crippen molar-refractivity contribution in [3.63, 3.8) is 0 Å². The third-order valence-corrected chi connectivity index (χ3v) is 4.22. The van der Waals surface area contributed by atoms with Gasteiger partial charge in [-0.25, -0.2) is 0 Å². The molecule has 0 saturated carbocycles. The first-order valence-electron chi connectivity index (χ1n) is 7.19. The lowest BCUT2D eigenvalue weighted by molar-refractivity contribution is 0.197. The fraction of sp³-hybridized carbons (Fsp3) is 0.625. The van der Waals surface area contributed by atoms with Gasteiger partial charge in [-0.15, -0.1) is 0 Å². The number of rotatable bonds is 11. The van der Waals surface area contributed by atoms with Crippen LogP contribution in [0.1, 0.15) is 18.4 Å². The topological polar surface area (TPSA) is 21.3 Å². The van der Waals surface area contributed by atoms with Crippen molar-refractivity contribution in [1.29, 1.82) is 0 Å². The monoisotopic (exact) mass is 315 g/mol. The summed E-state index contributed by atoms with van der Waals surface area (Å²) in [6.07, 6.45) is 5.80. The van der Waals surface area contributed by atoms with E-state index in [4.69, 9.17) is 16.3 Å². The van der Waals surface area contributed by atoms with Gasteiger partial charge in [0, 0.05) is 18.7 Å². The Kier molecular flexibility index (Phi) is 10.2.